The van der Waals surface area contributed by atoms with Gasteiger partial charge in [0.2, 0.25) is 0 Å². The van der Waals surface area contributed by atoms with Crippen LogP contribution in [-0.2, 0) is 19.7 Å². The summed E-state index contributed by atoms with van der Waals surface area (Å²) in [4.78, 5) is 46.9. The fourth-order valence-corrected chi connectivity index (χ4v) is 2.40. The number of ether oxygens (including phenoxy) is 1. The number of nitrogens with two attached hydrogens (primary N) is 1. The summed E-state index contributed by atoms with van der Waals surface area (Å²) >= 11 is 0. The van der Waals surface area contributed by atoms with Gasteiger partial charge in [-0.15, -0.1) is 0 Å². The van der Waals surface area contributed by atoms with Crippen LogP contribution >= 0.6 is 0 Å². The van der Waals surface area contributed by atoms with Crippen molar-refractivity contribution in [3.05, 3.63) is 35.4 Å². The summed E-state index contributed by atoms with van der Waals surface area (Å²) in [5.74, 6) is -2.01. The molecule has 148 valence electrons. The van der Waals surface area contributed by atoms with E-state index in [1.54, 1.807) is 26.0 Å². The standard InChI is InChI=1S/C20H28N2O5/c1-12(2)17(18(25)22-19(21)26)27-16(24)11-10-15(23)13-6-8-14(9-7-13)20(3,4)5/h6-9,12,17H,10-11H2,1-5H3,(H3,21,22,25,26)/t17-/m1/s1. The number of imide groups is 1. The van der Waals surface area contributed by atoms with Crippen LogP contribution in [-0.4, -0.2) is 29.8 Å². The molecule has 7 nitrogen and oxygen atoms in total. The number of benzene rings is 1. The highest BCUT2D eigenvalue weighted by Crippen LogP contribution is 2.22. The molecule has 0 aromatic heterocycles. The molecular formula is C20H28N2O5. The van der Waals surface area contributed by atoms with E-state index in [1.807, 2.05) is 17.4 Å². The zero-order valence-corrected chi connectivity index (χ0v) is 16.5. The van der Waals surface area contributed by atoms with E-state index in [4.69, 9.17) is 10.5 Å². The molecule has 0 heterocycles. The molecule has 0 saturated heterocycles. The molecule has 3 amide bonds. The van der Waals surface area contributed by atoms with E-state index in [9.17, 15) is 19.2 Å². The van der Waals surface area contributed by atoms with Gasteiger partial charge in [0.15, 0.2) is 11.9 Å². The second-order valence-corrected chi connectivity index (χ2v) is 7.76. The Kier molecular flexibility index (Phi) is 7.69. The first-order valence-corrected chi connectivity index (χ1v) is 8.85. The van der Waals surface area contributed by atoms with Gasteiger partial charge in [-0.05, 0) is 16.9 Å². The van der Waals surface area contributed by atoms with Gasteiger partial charge < -0.3 is 10.5 Å². The molecule has 1 atom stereocenters. The molecule has 1 rings (SSSR count). The molecule has 0 fully saturated rings. The number of rotatable bonds is 7. The van der Waals surface area contributed by atoms with Crippen LogP contribution in [0.1, 0.15) is 63.4 Å². The van der Waals surface area contributed by atoms with Crippen LogP contribution in [0.15, 0.2) is 24.3 Å². The van der Waals surface area contributed by atoms with E-state index in [0.29, 0.717) is 5.56 Å². The van der Waals surface area contributed by atoms with Crippen molar-refractivity contribution in [1.82, 2.24) is 5.32 Å². The van der Waals surface area contributed by atoms with E-state index >= 15 is 0 Å². The molecule has 3 N–H and O–H groups in total. The smallest absolute Gasteiger partial charge is 0.318 e. The van der Waals surface area contributed by atoms with Gasteiger partial charge in [-0.2, -0.15) is 0 Å². The summed E-state index contributed by atoms with van der Waals surface area (Å²) in [7, 11) is 0. The minimum Gasteiger partial charge on any atom is -0.452 e. The van der Waals surface area contributed by atoms with Gasteiger partial charge in [0.1, 0.15) is 0 Å². The first-order chi connectivity index (χ1) is 12.4. The summed E-state index contributed by atoms with van der Waals surface area (Å²) in [6, 6.07) is 6.26. The normalized spacial score (nSPS) is 12.4. The zero-order valence-electron chi connectivity index (χ0n) is 16.5. The maximum Gasteiger partial charge on any atom is 0.318 e. The average molecular weight is 376 g/mol. The minimum absolute atomic E-state index is 0.0112. The van der Waals surface area contributed by atoms with Crippen LogP contribution in [0.25, 0.3) is 0 Å². The quantitative estimate of drug-likeness (QED) is 0.561. The van der Waals surface area contributed by atoms with Gasteiger partial charge in [0.05, 0.1) is 6.42 Å². The number of urea groups is 1. The molecule has 1 aromatic rings. The summed E-state index contributed by atoms with van der Waals surface area (Å²) in [6.07, 6.45) is -1.34. The minimum atomic E-state index is -1.15. The van der Waals surface area contributed by atoms with Crippen molar-refractivity contribution in [2.75, 3.05) is 0 Å². The fourth-order valence-electron chi connectivity index (χ4n) is 2.40. The first kappa shape index (κ1) is 22.3. The SMILES string of the molecule is CC(C)[C@@H](OC(=O)CCC(=O)c1ccc(C(C)(C)C)cc1)C(=O)NC(N)=O. The van der Waals surface area contributed by atoms with E-state index in [-0.39, 0.29) is 30.0 Å². The van der Waals surface area contributed by atoms with Crippen LogP contribution in [0.3, 0.4) is 0 Å². The molecule has 27 heavy (non-hydrogen) atoms. The number of hydrogen-bond donors (Lipinski definition) is 2. The molecule has 0 spiro atoms. The molecule has 0 aliphatic carbocycles. The van der Waals surface area contributed by atoms with Crippen LogP contribution in [0.4, 0.5) is 4.79 Å². The summed E-state index contributed by atoms with van der Waals surface area (Å²) in [6.45, 7) is 9.58. The molecule has 0 saturated carbocycles. The summed E-state index contributed by atoms with van der Waals surface area (Å²) in [5.41, 5.74) is 6.52. The predicted octanol–water partition coefficient (Wildman–Crippen LogP) is 2.71. The van der Waals surface area contributed by atoms with Gasteiger partial charge in [0, 0.05) is 12.0 Å². The van der Waals surface area contributed by atoms with Crippen LogP contribution in [0, 0.1) is 5.92 Å². The Labute approximate surface area is 159 Å². The number of carbonyl (C=O) groups is 4. The van der Waals surface area contributed by atoms with Crippen LogP contribution in [0.5, 0.6) is 0 Å². The van der Waals surface area contributed by atoms with E-state index < -0.39 is 24.0 Å². The lowest BCUT2D eigenvalue weighted by Gasteiger charge is -2.20. The maximum atomic E-state index is 12.3. The van der Waals surface area contributed by atoms with Crippen molar-refractivity contribution >= 4 is 23.7 Å². The maximum absolute atomic E-state index is 12.3. The van der Waals surface area contributed by atoms with Gasteiger partial charge in [0.25, 0.3) is 5.91 Å². The zero-order chi connectivity index (χ0) is 20.8. The number of carbonyl (C=O) groups excluding carboxylic acids is 4. The molecule has 0 radical (unpaired) electrons. The highest BCUT2D eigenvalue weighted by atomic mass is 16.5. The van der Waals surface area contributed by atoms with E-state index in [1.165, 1.54) is 0 Å². The highest BCUT2D eigenvalue weighted by molar-refractivity contribution is 5.98. The number of esters is 1. The van der Waals surface area contributed by atoms with Gasteiger partial charge in [-0.3, -0.25) is 19.7 Å². The van der Waals surface area contributed by atoms with Crippen molar-refractivity contribution in [2.45, 2.75) is 59.0 Å². The fraction of sp³-hybridized carbons (Fsp3) is 0.500. The van der Waals surface area contributed by atoms with Gasteiger partial charge in [-0.25, -0.2) is 4.79 Å². The average Bonchev–Trinajstić information content (AvgIpc) is 2.55. The Morgan fingerprint density at radius 2 is 1.59 bits per heavy atom. The Bertz CT molecular complexity index is 702. The lowest BCUT2D eigenvalue weighted by molar-refractivity contribution is -0.158. The molecule has 1 aromatic carbocycles. The first-order valence-electron chi connectivity index (χ1n) is 8.85. The molecule has 0 unspecified atom stereocenters. The lowest BCUT2D eigenvalue weighted by Crippen LogP contribution is -2.45. The van der Waals surface area contributed by atoms with Crippen molar-refractivity contribution in [3.63, 3.8) is 0 Å². The number of Topliss-reactive ketones (excluding diaryl/α,β-unsaturated/α-hetero) is 1. The number of hydrogen-bond acceptors (Lipinski definition) is 5. The topological polar surface area (TPSA) is 116 Å². The summed E-state index contributed by atoms with van der Waals surface area (Å²) in [5, 5.41) is 1.89. The Morgan fingerprint density at radius 1 is 1.04 bits per heavy atom. The molecule has 0 bridgehead atoms. The summed E-state index contributed by atoms with van der Waals surface area (Å²) < 4.78 is 5.11. The third kappa shape index (κ3) is 7.21. The van der Waals surface area contributed by atoms with Gasteiger partial charge in [-0.1, -0.05) is 58.9 Å². The Balaban J connectivity index is 2.63. The third-order valence-corrected chi connectivity index (χ3v) is 4.00. The monoisotopic (exact) mass is 376 g/mol. The number of primary amides is 1. The van der Waals surface area contributed by atoms with Gasteiger partial charge >= 0.3 is 12.0 Å². The second kappa shape index (κ2) is 9.30. The van der Waals surface area contributed by atoms with Crippen molar-refractivity contribution in [1.29, 1.82) is 0 Å². The molecular weight excluding hydrogens is 348 g/mol. The van der Waals surface area contributed by atoms with Crippen LogP contribution in [0.2, 0.25) is 0 Å². The predicted molar refractivity (Wildman–Crippen MR) is 101 cm³/mol. The Morgan fingerprint density at radius 3 is 2.04 bits per heavy atom. The van der Waals surface area contributed by atoms with Crippen LogP contribution < -0.4 is 11.1 Å². The molecule has 0 aliphatic heterocycles. The number of nitrogens with one attached hydrogen (secondary N) is 1. The molecule has 7 heteroatoms. The Hall–Kier alpha value is -2.70. The largest absolute Gasteiger partial charge is 0.452 e. The lowest BCUT2D eigenvalue weighted by atomic mass is 9.86. The van der Waals surface area contributed by atoms with Crippen molar-refractivity contribution in [2.24, 2.45) is 11.7 Å². The van der Waals surface area contributed by atoms with E-state index in [0.717, 1.165) is 5.56 Å². The number of amides is 3. The van der Waals surface area contributed by atoms with E-state index in [2.05, 4.69) is 20.8 Å². The molecule has 0 aliphatic rings. The second-order valence-electron chi connectivity index (χ2n) is 7.76. The highest BCUT2D eigenvalue weighted by Gasteiger charge is 2.27. The number of ketones is 1. The van der Waals surface area contributed by atoms with Crippen molar-refractivity contribution in [3.8, 4) is 0 Å². The third-order valence-electron chi connectivity index (χ3n) is 4.00. The van der Waals surface area contributed by atoms with Crippen molar-refractivity contribution < 1.29 is 23.9 Å².